The number of rotatable bonds is 5. The molecule has 5 heteroatoms. The summed E-state index contributed by atoms with van der Waals surface area (Å²) in [6.45, 7) is 3.74. The highest BCUT2D eigenvalue weighted by Gasteiger charge is 2.08. The molecule has 1 N–H and O–H groups in total. The van der Waals surface area contributed by atoms with Crippen molar-refractivity contribution >= 4 is 29.0 Å². The van der Waals surface area contributed by atoms with Crippen molar-refractivity contribution in [3.05, 3.63) is 28.8 Å². The van der Waals surface area contributed by atoms with Crippen LogP contribution in [0.4, 0.5) is 5.69 Å². The average molecular weight is 256 g/mol. The van der Waals surface area contributed by atoms with E-state index in [1.165, 1.54) is 6.92 Å². The molecule has 0 spiro atoms. The summed E-state index contributed by atoms with van der Waals surface area (Å²) in [5, 5.41) is 2.95. The van der Waals surface area contributed by atoms with Gasteiger partial charge in [-0.1, -0.05) is 11.6 Å². The van der Waals surface area contributed by atoms with Crippen LogP contribution in [0.25, 0.3) is 0 Å². The summed E-state index contributed by atoms with van der Waals surface area (Å²) in [5.74, 6) is -0.360. The zero-order valence-corrected chi connectivity index (χ0v) is 10.5. The van der Waals surface area contributed by atoms with Crippen molar-refractivity contribution in [2.45, 2.75) is 13.8 Å². The van der Waals surface area contributed by atoms with E-state index in [-0.39, 0.29) is 18.3 Å². The quantitative estimate of drug-likeness (QED) is 0.823. The van der Waals surface area contributed by atoms with E-state index in [2.05, 4.69) is 5.32 Å². The first-order valence-corrected chi connectivity index (χ1v) is 5.60. The molecule has 17 heavy (non-hydrogen) atoms. The van der Waals surface area contributed by atoms with E-state index < -0.39 is 0 Å². The third-order valence-corrected chi connectivity index (χ3v) is 2.38. The predicted molar refractivity (Wildman–Crippen MR) is 66.6 cm³/mol. The molecule has 1 aromatic carbocycles. The monoisotopic (exact) mass is 255 g/mol. The Morgan fingerprint density at radius 1 is 1.41 bits per heavy atom. The Morgan fingerprint density at radius 3 is 2.65 bits per heavy atom. The predicted octanol–water partition coefficient (Wildman–Crippen LogP) is 2.52. The zero-order chi connectivity index (χ0) is 12.8. The second-order valence-electron chi connectivity index (χ2n) is 3.44. The van der Waals surface area contributed by atoms with Gasteiger partial charge >= 0.3 is 0 Å². The van der Waals surface area contributed by atoms with Crippen molar-refractivity contribution < 1.29 is 14.3 Å². The number of amides is 1. The number of hydrogen-bond donors (Lipinski definition) is 1. The van der Waals surface area contributed by atoms with Crippen LogP contribution >= 0.6 is 11.6 Å². The summed E-state index contributed by atoms with van der Waals surface area (Å²) in [6, 6.07) is 4.76. The molecule has 92 valence electrons. The zero-order valence-electron chi connectivity index (χ0n) is 9.75. The Bertz CT molecular complexity index is 432. The molecule has 0 unspecified atom stereocenters. The second kappa shape index (κ2) is 6.37. The highest BCUT2D eigenvalue weighted by Crippen LogP contribution is 2.21. The van der Waals surface area contributed by atoms with Crippen LogP contribution in [0.15, 0.2) is 18.2 Å². The fourth-order valence-corrected chi connectivity index (χ4v) is 1.58. The van der Waals surface area contributed by atoms with Crippen molar-refractivity contribution in [3.63, 3.8) is 0 Å². The molecule has 1 rings (SSSR count). The Balaban J connectivity index is 2.70. The van der Waals surface area contributed by atoms with Crippen LogP contribution in [0.2, 0.25) is 5.02 Å². The van der Waals surface area contributed by atoms with Gasteiger partial charge in [-0.3, -0.25) is 9.59 Å². The molecule has 1 amide bonds. The van der Waals surface area contributed by atoms with Crippen molar-refractivity contribution in [2.75, 3.05) is 18.5 Å². The van der Waals surface area contributed by atoms with E-state index >= 15 is 0 Å². The van der Waals surface area contributed by atoms with Crippen molar-refractivity contribution in [1.82, 2.24) is 0 Å². The molecule has 4 nitrogen and oxygen atoms in total. The normalized spacial score (nSPS) is 10.1. The average Bonchev–Trinajstić information content (AvgIpc) is 2.26. The highest BCUT2D eigenvalue weighted by molar-refractivity contribution is 6.34. The van der Waals surface area contributed by atoms with Gasteiger partial charge in [-0.05, 0) is 32.0 Å². The van der Waals surface area contributed by atoms with Gasteiger partial charge in [0.2, 0.25) is 5.91 Å². The molecular formula is C12H14ClNO3. The van der Waals surface area contributed by atoms with Crippen LogP contribution in [-0.2, 0) is 9.53 Å². The van der Waals surface area contributed by atoms with Crippen LogP contribution in [0.5, 0.6) is 0 Å². The number of hydrogen-bond acceptors (Lipinski definition) is 3. The third kappa shape index (κ3) is 4.17. The molecule has 0 radical (unpaired) electrons. The first-order valence-electron chi connectivity index (χ1n) is 5.22. The number of carbonyl (C=O) groups is 2. The highest BCUT2D eigenvalue weighted by atomic mass is 35.5. The van der Waals surface area contributed by atoms with Gasteiger partial charge < -0.3 is 10.1 Å². The molecule has 1 aromatic rings. The van der Waals surface area contributed by atoms with E-state index in [4.69, 9.17) is 16.3 Å². The summed E-state index contributed by atoms with van der Waals surface area (Å²) in [5.41, 5.74) is 0.985. The van der Waals surface area contributed by atoms with E-state index in [9.17, 15) is 9.59 Å². The Morgan fingerprint density at radius 2 is 2.12 bits per heavy atom. The van der Waals surface area contributed by atoms with Crippen LogP contribution < -0.4 is 5.32 Å². The molecule has 0 fully saturated rings. The maximum atomic E-state index is 11.4. The Labute approximate surface area is 105 Å². The number of benzene rings is 1. The smallest absolute Gasteiger partial charge is 0.250 e. The molecule has 0 aliphatic carbocycles. The van der Waals surface area contributed by atoms with Crippen LogP contribution in [0.3, 0.4) is 0 Å². The minimum absolute atomic E-state index is 0.00256. The first-order chi connectivity index (χ1) is 8.04. The van der Waals surface area contributed by atoms with E-state index in [1.54, 1.807) is 18.2 Å². The maximum absolute atomic E-state index is 11.4. The Hall–Kier alpha value is -1.39. The van der Waals surface area contributed by atoms with Crippen molar-refractivity contribution in [1.29, 1.82) is 0 Å². The minimum atomic E-state index is -0.251. The molecule has 0 heterocycles. The summed E-state index contributed by atoms with van der Waals surface area (Å²) in [7, 11) is 0. The standard InChI is InChI=1S/C12H14ClNO3/c1-3-17-7-12(16)14-9-4-5-10(8(2)15)11(13)6-9/h4-6H,3,7H2,1-2H3,(H,14,16). The molecule has 0 saturated heterocycles. The van der Waals surface area contributed by atoms with Crippen LogP contribution in [0.1, 0.15) is 24.2 Å². The maximum Gasteiger partial charge on any atom is 0.250 e. The Kier molecular flexibility index (Phi) is 5.12. The molecule has 0 atom stereocenters. The number of nitrogens with one attached hydrogen (secondary N) is 1. The fourth-order valence-electron chi connectivity index (χ4n) is 1.27. The molecule has 0 bridgehead atoms. The topological polar surface area (TPSA) is 55.4 Å². The number of anilines is 1. The lowest BCUT2D eigenvalue weighted by Crippen LogP contribution is -2.18. The second-order valence-corrected chi connectivity index (χ2v) is 3.84. The van der Waals surface area contributed by atoms with E-state index in [0.29, 0.717) is 22.9 Å². The van der Waals surface area contributed by atoms with Gasteiger partial charge in [0, 0.05) is 17.9 Å². The number of ketones is 1. The number of ether oxygens (including phenoxy) is 1. The summed E-state index contributed by atoms with van der Waals surface area (Å²) in [6.07, 6.45) is 0. The molecule has 0 aliphatic rings. The number of Topliss-reactive ketones (excluding diaryl/α,β-unsaturated/α-hetero) is 1. The lowest BCUT2D eigenvalue weighted by molar-refractivity contribution is -0.120. The van der Waals surface area contributed by atoms with Gasteiger partial charge in [-0.2, -0.15) is 0 Å². The van der Waals surface area contributed by atoms with Crippen LogP contribution in [-0.4, -0.2) is 24.9 Å². The largest absolute Gasteiger partial charge is 0.372 e. The summed E-state index contributed by atoms with van der Waals surface area (Å²) < 4.78 is 4.96. The van der Waals surface area contributed by atoms with Gasteiger partial charge in [-0.15, -0.1) is 0 Å². The summed E-state index contributed by atoms with van der Waals surface area (Å²) in [4.78, 5) is 22.5. The van der Waals surface area contributed by atoms with Gasteiger partial charge in [0.25, 0.3) is 0 Å². The lowest BCUT2D eigenvalue weighted by atomic mass is 10.1. The molecule has 0 aromatic heterocycles. The summed E-state index contributed by atoms with van der Waals surface area (Å²) >= 11 is 5.91. The number of halogens is 1. The lowest BCUT2D eigenvalue weighted by Gasteiger charge is -2.07. The number of carbonyl (C=O) groups excluding carboxylic acids is 2. The molecule has 0 saturated carbocycles. The first kappa shape index (κ1) is 13.7. The molecule has 0 aliphatic heterocycles. The van der Waals surface area contributed by atoms with E-state index in [1.807, 2.05) is 6.92 Å². The van der Waals surface area contributed by atoms with Crippen LogP contribution in [0, 0.1) is 0 Å². The van der Waals surface area contributed by atoms with Gasteiger partial charge in [0.1, 0.15) is 6.61 Å². The van der Waals surface area contributed by atoms with E-state index in [0.717, 1.165) is 0 Å². The third-order valence-electron chi connectivity index (χ3n) is 2.07. The van der Waals surface area contributed by atoms with Gasteiger partial charge in [-0.25, -0.2) is 0 Å². The van der Waals surface area contributed by atoms with Crippen molar-refractivity contribution in [2.24, 2.45) is 0 Å². The fraction of sp³-hybridized carbons (Fsp3) is 0.333. The van der Waals surface area contributed by atoms with Gasteiger partial charge in [0.15, 0.2) is 5.78 Å². The van der Waals surface area contributed by atoms with Gasteiger partial charge in [0.05, 0.1) is 5.02 Å². The van der Waals surface area contributed by atoms with Crippen molar-refractivity contribution in [3.8, 4) is 0 Å². The minimum Gasteiger partial charge on any atom is -0.372 e. The molecular weight excluding hydrogens is 242 g/mol. The SMILES string of the molecule is CCOCC(=O)Nc1ccc(C(C)=O)c(Cl)c1.